The Balaban J connectivity index is 1.46. The van der Waals surface area contributed by atoms with E-state index in [0.29, 0.717) is 20.8 Å². The molecular formula is C33H28Cl2N4O4S. The number of amides is 2. The molecule has 1 atom stereocenters. The number of carboxylic acid groups (broad SMARTS) is 1. The number of halogens is 2. The number of carbonyl (C=O) groups is 2. The fraction of sp³-hybridized carbons (Fsp3) is 0.152. The first-order valence-corrected chi connectivity index (χ1v) is 15.3. The van der Waals surface area contributed by atoms with Gasteiger partial charge in [0, 0.05) is 33.8 Å². The van der Waals surface area contributed by atoms with Crippen molar-refractivity contribution in [3.8, 4) is 11.1 Å². The zero-order chi connectivity index (χ0) is 31.2. The van der Waals surface area contributed by atoms with Gasteiger partial charge < -0.3 is 14.8 Å². The molecule has 0 fully saturated rings. The monoisotopic (exact) mass is 646 g/mol. The van der Waals surface area contributed by atoms with Gasteiger partial charge in [0.1, 0.15) is 10.9 Å². The molecule has 11 heteroatoms. The summed E-state index contributed by atoms with van der Waals surface area (Å²) in [5.41, 5.74) is 3.58. The standard InChI is InChI=1S/C33H28Cl2N4O4S/c1-20(2)29-31(44-27-18-24(34)17-25(35)19-27)38-30(37-29)28(16-21-12-14-36-15-13-21)43-33(42)39(32(40)41)26-10-8-23(9-11-26)22-6-4-3-5-7-22/h3-15,17-20,28H,16H2,1-2H3,(H,37,38)(H,40,41). The molecule has 2 N–H and O–H groups in total. The number of H-pyrrole nitrogens is 1. The molecule has 0 aliphatic carbocycles. The van der Waals surface area contributed by atoms with Crippen molar-refractivity contribution in [2.24, 2.45) is 0 Å². The first-order chi connectivity index (χ1) is 21.2. The Hall–Kier alpha value is -4.31. The number of carbonyl (C=O) groups excluding carboxylic acids is 1. The van der Waals surface area contributed by atoms with E-state index in [1.54, 1.807) is 67.0 Å². The predicted octanol–water partition coefficient (Wildman–Crippen LogP) is 9.66. The number of nitrogens with zero attached hydrogens (tertiary/aromatic N) is 3. The lowest BCUT2D eigenvalue weighted by Gasteiger charge is -2.22. The molecule has 0 spiro atoms. The van der Waals surface area contributed by atoms with Crippen molar-refractivity contribution in [2.75, 3.05) is 4.90 Å². The summed E-state index contributed by atoms with van der Waals surface area (Å²) in [6, 6.07) is 25.2. The number of ether oxygens (including phenoxy) is 1. The summed E-state index contributed by atoms with van der Waals surface area (Å²) in [6.07, 6.45) is 0.0387. The van der Waals surface area contributed by atoms with Crippen LogP contribution in [0.5, 0.6) is 0 Å². The lowest BCUT2D eigenvalue weighted by molar-refractivity contribution is 0.0984. The van der Waals surface area contributed by atoms with E-state index in [9.17, 15) is 14.7 Å². The van der Waals surface area contributed by atoms with Gasteiger partial charge in [-0.3, -0.25) is 4.98 Å². The van der Waals surface area contributed by atoms with Gasteiger partial charge >= 0.3 is 12.2 Å². The maximum atomic E-state index is 13.5. The molecular weight excluding hydrogens is 619 g/mol. The van der Waals surface area contributed by atoms with Crippen molar-refractivity contribution < 1.29 is 19.4 Å². The fourth-order valence-corrected chi connectivity index (χ4v) is 6.35. The maximum Gasteiger partial charge on any atom is 0.424 e. The van der Waals surface area contributed by atoms with E-state index in [1.807, 2.05) is 44.2 Å². The quantitative estimate of drug-likeness (QED) is 0.164. The second-order valence-electron chi connectivity index (χ2n) is 10.2. The Labute approximate surface area is 269 Å². The van der Waals surface area contributed by atoms with Crippen LogP contribution in [0.15, 0.2) is 107 Å². The van der Waals surface area contributed by atoms with Gasteiger partial charge in [0.15, 0.2) is 6.10 Å². The Bertz CT molecular complexity index is 1730. The average Bonchev–Trinajstić information content (AvgIpc) is 3.41. The molecule has 5 aromatic rings. The topological polar surface area (TPSA) is 108 Å². The number of imide groups is 1. The minimum atomic E-state index is -1.47. The van der Waals surface area contributed by atoms with Crippen molar-refractivity contribution in [2.45, 2.75) is 42.2 Å². The number of aromatic amines is 1. The molecule has 5 rings (SSSR count). The minimum Gasteiger partial charge on any atom is -0.464 e. The van der Waals surface area contributed by atoms with Gasteiger partial charge in [0.2, 0.25) is 0 Å². The first kappa shape index (κ1) is 31.1. The van der Waals surface area contributed by atoms with Crippen LogP contribution < -0.4 is 4.90 Å². The lowest BCUT2D eigenvalue weighted by Crippen LogP contribution is -2.37. The Morgan fingerprint density at radius 2 is 1.57 bits per heavy atom. The molecule has 0 bridgehead atoms. The SMILES string of the molecule is CC(C)c1nc(C(Cc2ccncc2)OC(=O)N(C(=O)O)c2ccc(-c3ccccc3)cc2)[nH]c1Sc1cc(Cl)cc(Cl)c1. The highest BCUT2D eigenvalue weighted by Crippen LogP contribution is 2.37. The van der Waals surface area contributed by atoms with E-state index in [1.165, 1.54) is 11.8 Å². The van der Waals surface area contributed by atoms with Crippen LogP contribution in [0, 0.1) is 0 Å². The summed E-state index contributed by atoms with van der Waals surface area (Å²) in [5.74, 6) is 0.396. The highest BCUT2D eigenvalue weighted by atomic mass is 35.5. The van der Waals surface area contributed by atoms with Crippen molar-refractivity contribution >= 4 is 52.8 Å². The Morgan fingerprint density at radius 3 is 2.18 bits per heavy atom. The zero-order valence-electron chi connectivity index (χ0n) is 23.8. The lowest BCUT2D eigenvalue weighted by atomic mass is 10.1. The van der Waals surface area contributed by atoms with Crippen LogP contribution in [-0.4, -0.2) is 32.2 Å². The van der Waals surface area contributed by atoms with Gasteiger partial charge in [0.25, 0.3) is 0 Å². The van der Waals surface area contributed by atoms with Crippen molar-refractivity contribution in [3.05, 3.63) is 124 Å². The third kappa shape index (κ3) is 7.60. The number of pyridine rings is 1. The molecule has 2 heterocycles. The molecule has 0 saturated carbocycles. The summed E-state index contributed by atoms with van der Waals surface area (Å²) in [6.45, 7) is 4.01. The molecule has 224 valence electrons. The van der Waals surface area contributed by atoms with Crippen LogP contribution in [0.2, 0.25) is 10.0 Å². The second kappa shape index (κ2) is 14.0. The average molecular weight is 648 g/mol. The molecule has 0 aliphatic heterocycles. The van der Waals surface area contributed by atoms with E-state index in [2.05, 4.69) is 9.97 Å². The molecule has 3 aromatic carbocycles. The normalized spacial score (nSPS) is 11.8. The number of nitrogens with one attached hydrogen (secondary N) is 1. The van der Waals surface area contributed by atoms with Crippen LogP contribution in [0.3, 0.4) is 0 Å². The first-order valence-electron chi connectivity index (χ1n) is 13.7. The highest BCUT2D eigenvalue weighted by Gasteiger charge is 2.30. The summed E-state index contributed by atoms with van der Waals surface area (Å²) in [4.78, 5) is 39.5. The number of hydrogen-bond acceptors (Lipinski definition) is 6. The van der Waals surface area contributed by atoms with Crippen molar-refractivity contribution in [1.82, 2.24) is 15.0 Å². The second-order valence-corrected chi connectivity index (χ2v) is 12.1. The number of rotatable bonds is 9. The minimum absolute atomic E-state index is 0.0214. The van der Waals surface area contributed by atoms with Gasteiger partial charge in [0.05, 0.1) is 11.4 Å². The smallest absolute Gasteiger partial charge is 0.424 e. The third-order valence-electron chi connectivity index (χ3n) is 6.64. The van der Waals surface area contributed by atoms with Crippen LogP contribution in [0.25, 0.3) is 11.1 Å². The summed E-state index contributed by atoms with van der Waals surface area (Å²) >= 11 is 13.9. The molecule has 8 nitrogen and oxygen atoms in total. The van der Waals surface area contributed by atoms with Crippen LogP contribution >= 0.6 is 35.0 Å². The van der Waals surface area contributed by atoms with E-state index >= 15 is 0 Å². The van der Waals surface area contributed by atoms with E-state index in [4.69, 9.17) is 32.9 Å². The Morgan fingerprint density at radius 1 is 0.932 bits per heavy atom. The van der Waals surface area contributed by atoms with E-state index in [-0.39, 0.29) is 18.0 Å². The van der Waals surface area contributed by atoms with Gasteiger partial charge in [-0.05, 0) is 65.1 Å². The summed E-state index contributed by atoms with van der Waals surface area (Å²) in [5, 5.41) is 11.8. The molecule has 1 unspecified atom stereocenters. The predicted molar refractivity (Wildman–Crippen MR) is 173 cm³/mol. The number of imidazole rings is 1. The molecule has 0 radical (unpaired) electrons. The van der Waals surface area contributed by atoms with Crippen LogP contribution in [-0.2, 0) is 11.2 Å². The summed E-state index contributed by atoms with van der Waals surface area (Å²) < 4.78 is 5.91. The largest absolute Gasteiger partial charge is 0.464 e. The van der Waals surface area contributed by atoms with Crippen LogP contribution in [0.4, 0.5) is 15.3 Å². The number of anilines is 1. The van der Waals surface area contributed by atoms with E-state index < -0.39 is 18.3 Å². The highest BCUT2D eigenvalue weighted by molar-refractivity contribution is 7.99. The molecule has 0 aliphatic rings. The Kier molecular flexibility index (Phi) is 9.89. The molecule has 0 saturated heterocycles. The number of aromatic nitrogens is 3. The summed E-state index contributed by atoms with van der Waals surface area (Å²) in [7, 11) is 0. The number of hydrogen-bond donors (Lipinski definition) is 2. The molecule has 44 heavy (non-hydrogen) atoms. The maximum absolute atomic E-state index is 13.5. The van der Waals surface area contributed by atoms with Gasteiger partial charge in [-0.1, -0.05) is 91.3 Å². The molecule has 2 aromatic heterocycles. The number of benzene rings is 3. The molecule has 2 amide bonds. The van der Waals surface area contributed by atoms with Gasteiger partial charge in [-0.2, -0.15) is 4.90 Å². The third-order valence-corrected chi connectivity index (χ3v) is 8.07. The van der Waals surface area contributed by atoms with Crippen LogP contribution in [0.1, 0.15) is 43.0 Å². The van der Waals surface area contributed by atoms with Crippen molar-refractivity contribution in [3.63, 3.8) is 0 Å². The fourth-order valence-electron chi connectivity index (χ4n) is 4.54. The van der Waals surface area contributed by atoms with Gasteiger partial charge in [-0.25, -0.2) is 14.6 Å². The van der Waals surface area contributed by atoms with Gasteiger partial charge in [-0.15, -0.1) is 0 Å². The van der Waals surface area contributed by atoms with E-state index in [0.717, 1.165) is 32.3 Å². The van der Waals surface area contributed by atoms with Crippen molar-refractivity contribution in [1.29, 1.82) is 0 Å². The zero-order valence-corrected chi connectivity index (χ0v) is 26.1.